The molecule has 2 N–H and O–H groups in total. The van der Waals surface area contributed by atoms with Crippen molar-refractivity contribution < 1.29 is 13.2 Å². The summed E-state index contributed by atoms with van der Waals surface area (Å²) in [5, 5.41) is 3.13. The molecule has 146 valence electrons. The number of anilines is 2. The SMILES string of the molecule is Cc1ccc(S(=O)(=O)NCCNc2cc(N3CCOCC3)ncn2)cc1C. The van der Waals surface area contributed by atoms with E-state index >= 15 is 0 Å². The molecule has 27 heavy (non-hydrogen) atoms. The third kappa shape index (κ3) is 5.15. The molecular formula is C18H25N5O3S. The fraction of sp³-hybridized carbons (Fsp3) is 0.444. The molecule has 0 radical (unpaired) electrons. The summed E-state index contributed by atoms with van der Waals surface area (Å²) in [5.41, 5.74) is 2.02. The number of hydrogen-bond donors (Lipinski definition) is 2. The number of morpholine rings is 1. The Labute approximate surface area is 160 Å². The summed E-state index contributed by atoms with van der Waals surface area (Å²) < 4.78 is 32.7. The molecule has 1 saturated heterocycles. The lowest BCUT2D eigenvalue weighted by molar-refractivity contribution is 0.122. The standard InChI is InChI=1S/C18H25N5O3S/c1-14-3-4-16(11-15(14)2)27(24,25)22-6-5-19-17-12-18(21-13-20-17)23-7-9-26-10-8-23/h3-4,11-13,22H,5-10H2,1-2H3,(H,19,20,21). The first kappa shape index (κ1) is 19.5. The van der Waals surface area contributed by atoms with Crippen LogP contribution in [0.5, 0.6) is 0 Å². The second kappa shape index (κ2) is 8.64. The first-order valence-electron chi connectivity index (χ1n) is 8.91. The number of aryl methyl sites for hydroxylation is 2. The summed E-state index contributed by atoms with van der Waals surface area (Å²) in [4.78, 5) is 10.9. The van der Waals surface area contributed by atoms with Gasteiger partial charge in [0.2, 0.25) is 10.0 Å². The van der Waals surface area contributed by atoms with E-state index in [-0.39, 0.29) is 11.4 Å². The van der Waals surface area contributed by atoms with Gasteiger partial charge in [-0.1, -0.05) is 6.07 Å². The zero-order chi connectivity index (χ0) is 19.3. The minimum absolute atomic E-state index is 0.256. The van der Waals surface area contributed by atoms with Crippen LogP contribution in [0.3, 0.4) is 0 Å². The zero-order valence-electron chi connectivity index (χ0n) is 15.6. The predicted octanol–water partition coefficient (Wildman–Crippen LogP) is 1.32. The minimum atomic E-state index is -3.52. The third-order valence-electron chi connectivity index (χ3n) is 4.50. The fourth-order valence-corrected chi connectivity index (χ4v) is 3.87. The van der Waals surface area contributed by atoms with Gasteiger partial charge in [0, 0.05) is 32.2 Å². The molecule has 1 aromatic carbocycles. The van der Waals surface area contributed by atoms with Gasteiger partial charge in [-0.2, -0.15) is 0 Å². The molecule has 0 saturated carbocycles. The Morgan fingerprint density at radius 1 is 1.07 bits per heavy atom. The molecule has 3 rings (SSSR count). The Morgan fingerprint density at radius 3 is 2.59 bits per heavy atom. The lowest BCUT2D eigenvalue weighted by Gasteiger charge is -2.27. The van der Waals surface area contributed by atoms with E-state index in [0.717, 1.165) is 30.0 Å². The van der Waals surface area contributed by atoms with Crippen molar-refractivity contribution in [3.63, 3.8) is 0 Å². The largest absolute Gasteiger partial charge is 0.378 e. The average molecular weight is 391 g/mol. The summed E-state index contributed by atoms with van der Waals surface area (Å²) in [5.74, 6) is 1.50. The van der Waals surface area contributed by atoms with Crippen molar-refractivity contribution in [3.8, 4) is 0 Å². The smallest absolute Gasteiger partial charge is 0.240 e. The van der Waals surface area contributed by atoms with Crippen LogP contribution in [0.15, 0.2) is 35.5 Å². The Balaban J connectivity index is 1.53. The van der Waals surface area contributed by atoms with Crippen molar-refractivity contribution in [2.45, 2.75) is 18.7 Å². The van der Waals surface area contributed by atoms with Gasteiger partial charge in [0.1, 0.15) is 18.0 Å². The Kier molecular flexibility index (Phi) is 6.25. The van der Waals surface area contributed by atoms with Gasteiger partial charge in [0.25, 0.3) is 0 Å². The van der Waals surface area contributed by atoms with E-state index < -0.39 is 10.0 Å². The molecule has 1 aliphatic rings. The lowest BCUT2D eigenvalue weighted by Crippen LogP contribution is -2.36. The van der Waals surface area contributed by atoms with Gasteiger partial charge >= 0.3 is 0 Å². The van der Waals surface area contributed by atoms with Gasteiger partial charge < -0.3 is 15.0 Å². The number of nitrogens with zero attached hydrogens (tertiary/aromatic N) is 3. The van der Waals surface area contributed by atoms with Gasteiger partial charge in [-0.05, 0) is 37.1 Å². The second-order valence-electron chi connectivity index (χ2n) is 6.43. The molecule has 0 aliphatic carbocycles. The van der Waals surface area contributed by atoms with Crippen LogP contribution < -0.4 is 14.9 Å². The summed E-state index contributed by atoms with van der Waals surface area (Å²) in [6, 6.07) is 6.99. The highest BCUT2D eigenvalue weighted by Gasteiger charge is 2.15. The van der Waals surface area contributed by atoms with Gasteiger partial charge in [-0.25, -0.2) is 23.1 Å². The van der Waals surface area contributed by atoms with E-state index in [1.165, 1.54) is 6.33 Å². The predicted molar refractivity (Wildman–Crippen MR) is 105 cm³/mol. The molecule has 9 heteroatoms. The first-order valence-corrected chi connectivity index (χ1v) is 10.4. The molecule has 8 nitrogen and oxygen atoms in total. The van der Waals surface area contributed by atoms with E-state index in [1.54, 1.807) is 12.1 Å². The van der Waals surface area contributed by atoms with E-state index in [9.17, 15) is 8.42 Å². The normalized spacial score (nSPS) is 15.0. The number of rotatable bonds is 7. The summed E-state index contributed by atoms with van der Waals surface area (Å²) in [6.07, 6.45) is 1.51. The van der Waals surface area contributed by atoms with E-state index in [4.69, 9.17) is 4.74 Å². The molecule has 0 atom stereocenters. The number of ether oxygens (including phenoxy) is 1. The van der Waals surface area contributed by atoms with E-state index in [0.29, 0.717) is 25.6 Å². The van der Waals surface area contributed by atoms with Gasteiger partial charge in [-0.3, -0.25) is 0 Å². The fourth-order valence-electron chi connectivity index (χ4n) is 2.75. The summed E-state index contributed by atoms with van der Waals surface area (Å²) >= 11 is 0. The molecule has 1 fully saturated rings. The van der Waals surface area contributed by atoms with Crippen molar-refractivity contribution in [1.29, 1.82) is 0 Å². The lowest BCUT2D eigenvalue weighted by atomic mass is 10.1. The number of benzene rings is 1. The maximum absolute atomic E-state index is 12.4. The highest BCUT2D eigenvalue weighted by molar-refractivity contribution is 7.89. The molecule has 1 aliphatic heterocycles. The van der Waals surface area contributed by atoms with Crippen molar-refractivity contribution in [3.05, 3.63) is 41.7 Å². The van der Waals surface area contributed by atoms with Crippen LogP contribution in [0.2, 0.25) is 0 Å². The highest BCUT2D eigenvalue weighted by Crippen LogP contribution is 2.16. The van der Waals surface area contributed by atoms with Crippen LogP contribution in [0.25, 0.3) is 0 Å². The van der Waals surface area contributed by atoms with Crippen LogP contribution >= 0.6 is 0 Å². The Bertz CT molecular complexity index is 882. The first-order chi connectivity index (χ1) is 13.0. The minimum Gasteiger partial charge on any atom is -0.378 e. The van der Waals surface area contributed by atoms with Crippen LogP contribution in [0.1, 0.15) is 11.1 Å². The van der Waals surface area contributed by atoms with Gasteiger partial charge in [-0.15, -0.1) is 0 Å². The van der Waals surface area contributed by atoms with Crippen molar-refractivity contribution in [2.75, 3.05) is 49.6 Å². The van der Waals surface area contributed by atoms with Crippen LogP contribution in [0, 0.1) is 13.8 Å². The molecule has 0 amide bonds. The number of sulfonamides is 1. The molecule has 0 unspecified atom stereocenters. The number of nitrogens with one attached hydrogen (secondary N) is 2. The average Bonchev–Trinajstić information content (AvgIpc) is 2.68. The molecule has 0 bridgehead atoms. The van der Waals surface area contributed by atoms with Crippen LogP contribution in [0.4, 0.5) is 11.6 Å². The van der Waals surface area contributed by atoms with Crippen LogP contribution in [-0.4, -0.2) is 57.8 Å². The van der Waals surface area contributed by atoms with Crippen molar-refractivity contribution in [1.82, 2.24) is 14.7 Å². The van der Waals surface area contributed by atoms with E-state index in [1.807, 2.05) is 26.0 Å². The highest BCUT2D eigenvalue weighted by atomic mass is 32.2. The summed E-state index contributed by atoms with van der Waals surface area (Å²) in [6.45, 7) is 7.50. The Morgan fingerprint density at radius 2 is 1.85 bits per heavy atom. The summed E-state index contributed by atoms with van der Waals surface area (Å²) in [7, 11) is -3.52. The topological polar surface area (TPSA) is 96.5 Å². The van der Waals surface area contributed by atoms with Crippen LogP contribution in [-0.2, 0) is 14.8 Å². The molecule has 2 aromatic rings. The second-order valence-corrected chi connectivity index (χ2v) is 8.20. The Hall–Kier alpha value is -2.23. The van der Waals surface area contributed by atoms with Gasteiger partial charge in [0.15, 0.2) is 0 Å². The molecule has 0 spiro atoms. The molecule has 1 aromatic heterocycles. The van der Waals surface area contributed by atoms with Crippen molar-refractivity contribution >= 4 is 21.7 Å². The monoisotopic (exact) mass is 391 g/mol. The van der Waals surface area contributed by atoms with Gasteiger partial charge in [0.05, 0.1) is 18.1 Å². The quantitative estimate of drug-likeness (QED) is 0.687. The number of hydrogen-bond acceptors (Lipinski definition) is 7. The maximum atomic E-state index is 12.4. The molecular weight excluding hydrogens is 366 g/mol. The third-order valence-corrected chi connectivity index (χ3v) is 5.96. The van der Waals surface area contributed by atoms with E-state index in [2.05, 4.69) is 24.9 Å². The van der Waals surface area contributed by atoms with Crippen molar-refractivity contribution in [2.24, 2.45) is 0 Å². The maximum Gasteiger partial charge on any atom is 0.240 e. The number of aromatic nitrogens is 2. The molecule has 2 heterocycles. The zero-order valence-corrected chi connectivity index (χ0v) is 16.4.